The van der Waals surface area contributed by atoms with Crippen LogP contribution in [0.15, 0.2) is 30.3 Å². The summed E-state index contributed by atoms with van der Waals surface area (Å²) in [4.78, 5) is 14.3. The molecule has 1 heterocycles. The van der Waals surface area contributed by atoms with E-state index in [2.05, 4.69) is 0 Å². The van der Waals surface area contributed by atoms with Gasteiger partial charge in [-0.3, -0.25) is 4.79 Å². The molecule has 0 bridgehead atoms. The Labute approximate surface area is 120 Å². The van der Waals surface area contributed by atoms with Crippen LogP contribution in [0, 0.1) is 5.92 Å². The largest absolute Gasteiger partial charge is 0.396 e. The van der Waals surface area contributed by atoms with Gasteiger partial charge in [0.25, 0.3) is 0 Å². The van der Waals surface area contributed by atoms with E-state index >= 15 is 0 Å². The lowest BCUT2D eigenvalue weighted by Crippen LogP contribution is -2.48. The number of piperidine rings is 1. The van der Waals surface area contributed by atoms with Gasteiger partial charge in [-0.2, -0.15) is 0 Å². The molecule has 0 aliphatic carbocycles. The Morgan fingerprint density at radius 3 is 2.85 bits per heavy atom. The van der Waals surface area contributed by atoms with E-state index in [1.165, 1.54) is 0 Å². The third-order valence-electron chi connectivity index (χ3n) is 3.98. The molecule has 3 N–H and O–H groups in total. The van der Waals surface area contributed by atoms with E-state index in [9.17, 15) is 4.79 Å². The van der Waals surface area contributed by atoms with Crippen LogP contribution in [0.3, 0.4) is 0 Å². The highest BCUT2D eigenvalue weighted by Gasteiger charge is 2.26. The zero-order valence-corrected chi connectivity index (χ0v) is 11.9. The van der Waals surface area contributed by atoms with Crippen LogP contribution in [0.4, 0.5) is 0 Å². The van der Waals surface area contributed by atoms with E-state index in [0.29, 0.717) is 12.3 Å². The number of hydrogen-bond donors (Lipinski definition) is 2. The fourth-order valence-corrected chi connectivity index (χ4v) is 2.87. The van der Waals surface area contributed by atoms with Gasteiger partial charge < -0.3 is 15.7 Å². The Morgan fingerprint density at radius 2 is 2.15 bits per heavy atom. The smallest absolute Gasteiger partial charge is 0.239 e. The Balaban J connectivity index is 1.89. The summed E-state index contributed by atoms with van der Waals surface area (Å²) in [5.74, 6) is 0.457. The number of hydrogen-bond acceptors (Lipinski definition) is 3. The maximum atomic E-state index is 12.4. The van der Waals surface area contributed by atoms with Crippen molar-refractivity contribution in [3.8, 4) is 0 Å². The molecule has 0 spiro atoms. The summed E-state index contributed by atoms with van der Waals surface area (Å²) in [6, 6.07) is 9.41. The number of likely N-dealkylation sites (tertiary alicyclic amines) is 1. The van der Waals surface area contributed by atoms with Crippen molar-refractivity contribution in [3.05, 3.63) is 35.9 Å². The predicted octanol–water partition coefficient (Wildman–Crippen LogP) is 1.18. The lowest BCUT2D eigenvalue weighted by Gasteiger charge is -2.34. The first kappa shape index (κ1) is 15.0. The molecular weight excluding hydrogens is 252 g/mol. The van der Waals surface area contributed by atoms with Crippen LogP contribution in [0.5, 0.6) is 0 Å². The second kappa shape index (κ2) is 7.41. The van der Waals surface area contributed by atoms with Gasteiger partial charge in [0.15, 0.2) is 0 Å². The summed E-state index contributed by atoms with van der Waals surface area (Å²) in [5.41, 5.74) is 7.15. The summed E-state index contributed by atoms with van der Waals surface area (Å²) in [5, 5.41) is 9.02. The zero-order valence-electron chi connectivity index (χ0n) is 11.9. The summed E-state index contributed by atoms with van der Waals surface area (Å²) in [6.45, 7) is 1.73. The molecule has 0 aromatic heterocycles. The molecule has 1 aliphatic rings. The molecular formula is C16H24N2O2. The van der Waals surface area contributed by atoms with Gasteiger partial charge >= 0.3 is 0 Å². The zero-order chi connectivity index (χ0) is 14.4. The van der Waals surface area contributed by atoms with Crippen molar-refractivity contribution in [1.82, 2.24) is 4.90 Å². The van der Waals surface area contributed by atoms with Gasteiger partial charge in [-0.15, -0.1) is 0 Å². The van der Waals surface area contributed by atoms with Crippen LogP contribution in [0.1, 0.15) is 24.8 Å². The van der Waals surface area contributed by atoms with Crippen molar-refractivity contribution in [3.63, 3.8) is 0 Å². The number of nitrogens with zero attached hydrogens (tertiary/aromatic N) is 1. The summed E-state index contributed by atoms with van der Waals surface area (Å²) >= 11 is 0. The first-order chi connectivity index (χ1) is 9.70. The minimum Gasteiger partial charge on any atom is -0.396 e. The summed E-state index contributed by atoms with van der Waals surface area (Å²) in [6.07, 6.45) is 3.46. The van der Waals surface area contributed by atoms with Gasteiger partial charge in [0.1, 0.15) is 0 Å². The molecule has 0 radical (unpaired) electrons. The van der Waals surface area contributed by atoms with E-state index in [-0.39, 0.29) is 12.5 Å². The predicted molar refractivity (Wildman–Crippen MR) is 79.1 cm³/mol. The van der Waals surface area contributed by atoms with Crippen LogP contribution in [-0.2, 0) is 11.2 Å². The molecule has 4 nitrogen and oxygen atoms in total. The third-order valence-corrected chi connectivity index (χ3v) is 3.98. The Morgan fingerprint density at radius 1 is 1.40 bits per heavy atom. The third kappa shape index (κ3) is 4.05. The molecule has 1 aromatic rings. The van der Waals surface area contributed by atoms with Gasteiger partial charge in [-0.05, 0) is 37.2 Å². The Bertz CT molecular complexity index is 420. The van der Waals surface area contributed by atoms with E-state index in [1.54, 1.807) is 0 Å². The molecule has 4 heteroatoms. The molecule has 2 rings (SSSR count). The van der Waals surface area contributed by atoms with Crippen molar-refractivity contribution in [2.45, 2.75) is 31.7 Å². The Kier molecular flexibility index (Phi) is 5.56. The molecule has 1 saturated heterocycles. The molecule has 1 amide bonds. The molecule has 1 aromatic carbocycles. The number of nitrogens with two attached hydrogens (primary N) is 1. The second-order valence-corrected chi connectivity index (χ2v) is 5.60. The number of benzene rings is 1. The van der Waals surface area contributed by atoms with Crippen molar-refractivity contribution < 1.29 is 9.90 Å². The number of rotatable bonds is 5. The quantitative estimate of drug-likeness (QED) is 0.848. The summed E-state index contributed by atoms with van der Waals surface area (Å²) < 4.78 is 0. The maximum absolute atomic E-state index is 12.4. The fourth-order valence-electron chi connectivity index (χ4n) is 2.87. The van der Waals surface area contributed by atoms with Crippen molar-refractivity contribution in [2.24, 2.45) is 11.7 Å². The van der Waals surface area contributed by atoms with Crippen molar-refractivity contribution in [2.75, 3.05) is 19.7 Å². The van der Waals surface area contributed by atoms with E-state index in [1.807, 2.05) is 35.2 Å². The average Bonchev–Trinajstić information content (AvgIpc) is 2.48. The first-order valence-electron chi connectivity index (χ1n) is 7.40. The van der Waals surface area contributed by atoms with Crippen LogP contribution in [0.2, 0.25) is 0 Å². The fraction of sp³-hybridized carbons (Fsp3) is 0.562. The standard InChI is InChI=1S/C16H24N2O2/c17-15(11-13-5-2-1-3-6-13)16(20)18-9-4-7-14(12-18)8-10-19/h1-3,5-6,14-15,19H,4,7-12,17H2. The highest BCUT2D eigenvalue weighted by Crippen LogP contribution is 2.20. The molecule has 0 saturated carbocycles. The van der Waals surface area contributed by atoms with Crippen molar-refractivity contribution >= 4 is 5.91 Å². The van der Waals surface area contributed by atoms with Gasteiger partial charge in [-0.25, -0.2) is 0 Å². The van der Waals surface area contributed by atoms with E-state index < -0.39 is 6.04 Å². The Hall–Kier alpha value is -1.39. The van der Waals surface area contributed by atoms with Crippen LogP contribution < -0.4 is 5.73 Å². The minimum atomic E-state index is -0.467. The van der Waals surface area contributed by atoms with E-state index in [4.69, 9.17) is 10.8 Å². The average molecular weight is 276 g/mol. The van der Waals surface area contributed by atoms with Gasteiger partial charge in [-0.1, -0.05) is 30.3 Å². The van der Waals surface area contributed by atoms with Crippen LogP contribution in [-0.4, -0.2) is 41.7 Å². The number of carbonyl (C=O) groups is 1. The molecule has 110 valence electrons. The molecule has 2 atom stereocenters. The molecule has 20 heavy (non-hydrogen) atoms. The topological polar surface area (TPSA) is 66.6 Å². The number of aliphatic hydroxyl groups excluding tert-OH is 1. The second-order valence-electron chi connectivity index (χ2n) is 5.60. The first-order valence-corrected chi connectivity index (χ1v) is 7.40. The minimum absolute atomic E-state index is 0.0384. The number of carbonyl (C=O) groups excluding carboxylic acids is 1. The van der Waals surface area contributed by atoms with Gasteiger partial charge in [0.05, 0.1) is 6.04 Å². The van der Waals surface area contributed by atoms with E-state index in [0.717, 1.165) is 37.9 Å². The number of aliphatic hydroxyl groups is 1. The monoisotopic (exact) mass is 276 g/mol. The highest BCUT2D eigenvalue weighted by atomic mass is 16.3. The molecule has 1 fully saturated rings. The highest BCUT2D eigenvalue weighted by molar-refractivity contribution is 5.82. The lowest BCUT2D eigenvalue weighted by atomic mass is 9.94. The van der Waals surface area contributed by atoms with Gasteiger partial charge in [0.2, 0.25) is 5.91 Å². The lowest BCUT2D eigenvalue weighted by molar-refractivity contribution is -0.134. The number of amides is 1. The SMILES string of the molecule is NC(Cc1ccccc1)C(=O)N1CCCC(CCO)C1. The normalized spacial score (nSPS) is 20.7. The van der Waals surface area contributed by atoms with Crippen LogP contribution >= 0.6 is 0 Å². The van der Waals surface area contributed by atoms with Gasteiger partial charge in [0, 0.05) is 19.7 Å². The summed E-state index contributed by atoms with van der Waals surface area (Å²) in [7, 11) is 0. The molecule has 1 aliphatic heterocycles. The molecule has 2 unspecified atom stereocenters. The van der Waals surface area contributed by atoms with Crippen LogP contribution in [0.25, 0.3) is 0 Å². The van der Waals surface area contributed by atoms with Crippen molar-refractivity contribution in [1.29, 1.82) is 0 Å². The maximum Gasteiger partial charge on any atom is 0.239 e.